The molecule has 45 heavy (non-hydrogen) atoms. The molecule has 1 amide bonds. The number of benzene rings is 2. The number of halogens is 6. The molecule has 2 aromatic rings. The van der Waals surface area contributed by atoms with Gasteiger partial charge in [-0.2, -0.15) is 26.3 Å². The molecule has 0 radical (unpaired) electrons. The van der Waals surface area contributed by atoms with E-state index in [1.165, 1.54) is 29.2 Å². The Labute approximate surface area is 265 Å². The normalized spacial score (nSPS) is 17.4. The SMILES string of the molecule is O=C(O)CCCCCN1C(=O)/C(=C/c2cc(-c3cc(C(F)(F)F)cc(C(F)(F)F)c3)ccc2OCCN2CCOCC2)SC1=S. The molecule has 2 saturated heterocycles. The van der Waals surface area contributed by atoms with E-state index < -0.39 is 35.4 Å². The van der Waals surface area contributed by atoms with Crippen LogP contribution >= 0.6 is 24.0 Å². The molecule has 4 rings (SSSR count). The first-order chi connectivity index (χ1) is 21.2. The van der Waals surface area contributed by atoms with E-state index in [1.54, 1.807) is 0 Å². The Morgan fingerprint density at radius 1 is 0.956 bits per heavy atom. The van der Waals surface area contributed by atoms with Gasteiger partial charge in [-0.1, -0.05) is 36.5 Å². The summed E-state index contributed by atoms with van der Waals surface area (Å²) in [5.74, 6) is -1.03. The highest BCUT2D eigenvalue weighted by molar-refractivity contribution is 8.26. The molecule has 2 aliphatic rings. The van der Waals surface area contributed by atoms with Gasteiger partial charge < -0.3 is 14.6 Å². The maximum absolute atomic E-state index is 13.6. The topological polar surface area (TPSA) is 79.3 Å². The van der Waals surface area contributed by atoms with Crippen LogP contribution in [0.1, 0.15) is 42.4 Å². The predicted octanol–water partition coefficient (Wildman–Crippen LogP) is 6.95. The van der Waals surface area contributed by atoms with E-state index in [2.05, 4.69) is 4.90 Å². The molecule has 2 aromatic carbocycles. The van der Waals surface area contributed by atoms with E-state index in [9.17, 15) is 35.9 Å². The number of hydrogen-bond donors (Lipinski definition) is 1. The first-order valence-corrected chi connectivity index (χ1v) is 15.3. The summed E-state index contributed by atoms with van der Waals surface area (Å²) in [7, 11) is 0. The summed E-state index contributed by atoms with van der Waals surface area (Å²) >= 11 is 6.39. The van der Waals surface area contributed by atoms with Crippen LogP contribution in [0, 0.1) is 0 Å². The summed E-state index contributed by atoms with van der Waals surface area (Å²) in [5.41, 5.74) is -2.84. The number of thioether (sulfide) groups is 1. The number of thiocarbonyl (C=S) groups is 1. The summed E-state index contributed by atoms with van der Waals surface area (Å²) in [6, 6.07) is 5.59. The molecule has 0 aromatic heterocycles. The fourth-order valence-corrected chi connectivity index (χ4v) is 6.06. The van der Waals surface area contributed by atoms with Crippen LogP contribution in [0.25, 0.3) is 17.2 Å². The van der Waals surface area contributed by atoms with Gasteiger partial charge in [0.2, 0.25) is 0 Å². The molecule has 0 atom stereocenters. The quantitative estimate of drug-likeness (QED) is 0.112. The second-order valence-corrected chi connectivity index (χ2v) is 12.1. The lowest BCUT2D eigenvalue weighted by Crippen LogP contribution is -2.38. The molecule has 2 fully saturated rings. The maximum atomic E-state index is 13.6. The smallest absolute Gasteiger partial charge is 0.416 e. The molecule has 15 heteroatoms. The zero-order valence-electron chi connectivity index (χ0n) is 23.9. The summed E-state index contributed by atoms with van der Waals surface area (Å²) in [6.07, 6.45) is -7.00. The highest BCUT2D eigenvalue weighted by Crippen LogP contribution is 2.40. The van der Waals surface area contributed by atoms with Gasteiger partial charge in [-0.25, -0.2) is 0 Å². The van der Waals surface area contributed by atoms with E-state index in [0.717, 1.165) is 11.8 Å². The summed E-state index contributed by atoms with van der Waals surface area (Å²) in [6.45, 7) is 3.65. The molecule has 7 nitrogen and oxygen atoms in total. The van der Waals surface area contributed by atoms with Crippen LogP contribution in [0.2, 0.25) is 0 Å². The molecule has 0 bridgehead atoms. The minimum absolute atomic E-state index is 0.0132. The van der Waals surface area contributed by atoms with Crippen molar-refractivity contribution in [2.45, 2.75) is 38.0 Å². The number of carbonyl (C=O) groups excluding carboxylic acids is 1. The largest absolute Gasteiger partial charge is 0.492 e. The predicted molar refractivity (Wildman–Crippen MR) is 161 cm³/mol. The summed E-state index contributed by atoms with van der Waals surface area (Å²) < 4.78 is 92.9. The zero-order chi connectivity index (χ0) is 32.8. The minimum Gasteiger partial charge on any atom is -0.492 e. The summed E-state index contributed by atoms with van der Waals surface area (Å²) in [5, 5.41) is 8.80. The molecular formula is C30H30F6N2O5S2. The second kappa shape index (κ2) is 15.0. The first kappa shape index (κ1) is 34.7. The lowest BCUT2D eigenvalue weighted by molar-refractivity contribution is -0.143. The highest BCUT2D eigenvalue weighted by atomic mass is 32.2. The van der Waals surface area contributed by atoms with Crippen LogP contribution in [0.5, 0.6) is 5.75 Å². The Bertz CT molecular complexity index is 1410. The van der Waals surface area contributed by atoms with Gasteiger partial charge in [0, 0.05) is 38.2 Å². The van der Waals surface area contributed by atoms with Crippen LogP contribution in [0.4, 0.5) is 26.3 Å². The Hall–Kier alpha value is -3.14. The Kier molecular flexibility index (Phi) is 11.6. The Balaban J connectivity index is 1.64. The maximum Gasteiger partial charge on any atom is 0.416 e. The average molecular weight is 677 g/mol. The standard InChI is InChI=1S/C30H30F6N2O5S2/c31-29(32,33)22-15-20(16-23(18-22)30(34,35)36)19-5-6-24(43-13-10-37-8-11-42-12-9-37)21(14-19)17-25-27(41)38(28(44)45-25)7-3-1-2-4-26(39)40/h5-6,14-18H,1-4,7-13H2,(H,39,40)/b25-17-. The van der Waals surface area contributed by atoms with Crippen LogP contribution < -0.4 is 4.74 Å². The van der Waals surface area contributed by atoms with E-state index in [-0.39, 0.29) is 57.3 Å². The fraction of sp³-hybridized carbons (Fsp3) is 0.433. The number of ether oxygens (including phenoxy) is 2. The van der Waals surface area contributed by atoms with Crippen molar-refractivity contribution in [1.82, 2.24) is 9.80 Å². The highest BCUT2D eigenvalue weighted by Gasteiger charge is 2.37. The van der Waals surface area contributed by atoms with Crippen molar-refractivity contribution >= 4 is 46.3 Å². The number of unbranched alkanes of at least 4 members (excludes halogenated alkanes) is 2. The van der Waals surface area contributed by atoms with Gasteiger partial charge in [0.25, 0.3) is 5.91 Å². The third-order valence-electron chi connectivity index (χ3n) is 7.13. The number of hydrogen-bond acceptors (Lipinski definition) is 7. The molecule has 0 aliphatic carbocycles. The van der Waals surface area contributed by atoms with Crippen LogP contribution in [-0.4, -0.2) is 77.1 Å². The molecule has 2 heterocycles. The van der Waals surface area contributed by atoms with Crippen molar-refractivity contribution in [3.05, 3.63) is 58.0 Å². The minimum atomic E-state index is -5.01. The van der Waals surface area contributed by atoms with Gasteiger partial charge in [-0.3, -0.25) is 19.4 Å². The van der Waals surface area contributed by atoms with Crippen molar-refractivity contribution in [3.8, 4) is 16.9 Å². The molecular weight excluding hydrogens is 646 g/mol. The Morgan fingerprint density at radius 2 is 1.62 bits per heavy atom. The number of aliphatic carboxylic acids is 1. The van der Waals surface area contributed by atoms with Crippen molar-refractivity contribution < 1.29 is 50.5 Å². The number of rotatable bonds is 12. The third-order valence-corrected chi connectivity index (χ3v) is 8.51. The molecule has 0 saturated carbocycles. The van der Waals surface area contributed by atoms with Gasteiger partial charge in [0.05, 0.1) is 29.2 Å². The number of carboxylic acids is 1. The van der Waals surface area contributed by atoms with Gasteiger partial charge in [0.15, 0.2) is 0 Å². The van der Waals surface area contributed by atoms with E-state index >= 15 is 0 Å². The number of alkyl halides is 6. The van der Waals surface area contributed by atoms with E-state index in [1.807, 2.05) is 0 Å². The fourth-order valence-electron chi connectivity index (χ4n) is 4.76. The van der Waals surface area contributed by atoms with Crippen LogP contribution in [-0.2, 0) is 26.7 Å². The monoisotopic (exact) mass is 676 g/mol. The van der Waals surface area contributed by atoms with E-state index in [4.69, 9.17) is 26.8 Å². The van der Waals surface area contributed by atoms with Crippen molar-refractivity contribution in [2.75, 3.05) is 46.0 Å². The first-order valence-electron chi connectivity index (χ1n) is 14.1. The summed E-state index contributed by atoms with van der Waals surface area (Å²) in [4.78, 5) is 27.7. The molecule has 0 spiro atoms. The lowest BCUT2D eigenvalue weighted by Gasteiger charge is -2.26. The van der Waals surface area contributed by atoms with Gasteiger partial charge in [-0.05, 0) is 60.4 Å². The van der Waals surface area contributed by atoms with Crippen LogP contribution in [0.3, 0.4) is 0 Å². The van der Waals surface area contributed by atoms with E-state index in [0.29, 0.717) is 64.2 Å². The second-order valence-electron chi connectivity index (χ2n) is 10.4. The number of morpholine rings is 1. The van der Waals surface area contributed by atoms with Crippen LogP contribution in [0.15, 0.2) is 41.3 Å². The van der Waals surface area contributed by atoms with Crippen molar-refractivity contribution in [1.29, 1.82) is 0 Å². The lowest BCUT2D eigenvalue weighted by atomic mass is 9.97. The Morgan fingerprint density at radius 3 is 2.24 bits per heavy atom. The third kappa shape index (κ3) is 9.67. The van der Waals surface area contributed by atoms with Gasteiger partial charge in [-0.15, -0.1) is 0 Å². The van der Waals surface area contributed by atoms with Crippen molar-refractivity contribution in [3.63, 3.8) is 0 Å². The number of nitrogens with zero attached hydrogens (tertiary/aromatic N) is 2. The molecule has 1 N–H and O–H groups in total. The molecule has 2 aliphatic heterocycles. The average Bonchev–Trinajstić information content (AvgIpc) is 3.24. The molecule has 0 unspecified atom stereocenters. The zero-order valence-corrected chi connectivity index (χ0v) is 25.5. The van der Waals surface area contributed by atoms with Gasteiger partial charge in [0.1, 0.15) is 16.7 Å². The molecule has 244 valence electrons. The number of carboxylic acid groups (broad SMARTS) is 1. The number of amides is 1. The van der Waals surface area contributed by atoms with Crippen molar-refractivity contribution in [2.24, 2.45) is 0 Å². The van der Waals surface area contributed by atoms with Gasteiger partial charge >= 0.3 is 18.3 Å². The number of carbonyl (C=O) groups is 2.